The Morgan fingerprint density at radius 2 is 1.97 bits per heavy atom. The van der Waals surface area contributed by atoms with Crippen molar-refractivity contribution in [2.24, 2.45) is 0 Å². The zero-order chi connectivity index (χ0) is 24.9. The van der Waals surface area contributed by atoms with Crippen LogP contribution in [0, 0.1) is 11.6 Å². The first-order chi connectivity index (χ1) is 16.7. The Balaban J connectivity index is 1.63. The van der Waals surface area contributed by atoms with E-state index in [1.54, 1.807) is 6.07 Å². The average Bonchev–Trinajstić information content (AvgIpc) is 3.34. The Morgan fingerprint density at radius 3 is 2.66 bits per heavy atom. The van der Waals surface area contributed by atoms with Gasteiger partial charge in [0.25, 0.3) is 5.56 Å². The number of likely N-dealkylation sites (tertiary alicyclic amines) is 1. The fourth-order valence-electron chi connectivity index (χ4n) is 4.25. The lowest BCUT2D eigenvalue weighted by atomic mass is 9.81. The van der Waals surface area contributed by atoms with Crippen molar-refractivity contribution in [2.45, 2.75) is 5.54 Å². The Hall–Kier alpha value is -3.76. The molecule has 2 aromatic heterocycles. The lowest BCUT2D eigenvalue weighted by molar-refractivity contribution is -0.132. The Bertz CT molecular complexity index is 1550. The van der Waals surface area contributed by atoms with Gasteiger partial charge in [-0.1, -0.05) is 29.8 Å². The van der Waals surface area contributed by atoms with Crippen LogP contribution < -0.4 is 10.9 Å². The Kier molecular flexibility index (Phi) is 5.57. The topological polar surface area (TPSA) is 95.9 Å². The van der Waals surface area contributed by atoms with E-state index in [4.69, 9.17) is 23.2 Å². The molecule has 0 bridgehead atoms. The molecule has 4 aromatic rings. The maximum Gasteiger partial charge on any atom is 0.267 e. The van der Waals surface area contributed by atoms with E-state index in [1.165, 1.54) is 40.2 Å². The standard InChI is InChI=1S/C23H16Cl2F2N6O2/c1-2-18(34)32-9-23(10-32,19-15(26)4-3-14(24)20(19)25)30-12-7-13-21(16(27)8-12)28-11-33(22(13)35)17-5-6-29-31-17/h2-8,11,30H,1,9-10H2,(H,29,31). The SMILES string of the molecule is C=CC(=O)N1CC(Nc2cc(F)c3ncn(-c4ccn[nH]4)c(=O)c3c2)(c2c(F)ccc(Cl)c2Cl)C1. The lowest BCUT2D eigenvalue weighted by Crippen LogP contribution is -2.65. The molecule has 178 valence electrons. The molecule has 0 saturated carbocycles. The van der Waals surface area contributed by atoms with Gasteiger partial charge in [0.05, 0.1) is 34.7 Å². The molecular weight excluding hydrogens is 501 g/mol. The number of H-pyrrole nitrogens is 1. The number of fused-ring (bicyclic) bond motifs is 1. The van der Waals surface area contributed by atoms with Gasteiger partial charge in [-0.3, -0.25) is 19.3 Å². The fourth-order valence-corrected chi connectivity index (χ4v) is 4.74. The second-order valence-electron chi connectivity index (χ2n) is 8.04. The Morgan fingerprint density at radius 1 is 1.20 bits per heavy atom. The minimum atomic E-state index is -1.24. The minimum Gasteiger partial charge on any atom is -0.372 e. The van der Waals surface area contributed by atoms with E-state index in [0.717, 1.165) is 12.1 Å². The zero-order valence-corrected chi connectivity index (χ0v) is 19.4. The van der Waals surface area contributed by atoms with Crippen LogP contribution in [0.1, 0.15) is 5.56 Å². The van der Waals surface area contributed by atoms with Gasteiger partial charge in [-0.25, -0.2) is 13.8 Å². The molecular formula is C23H16Cl2F2N6O2. The van der Waals surface area contributed by atoms with E-state index in [0.29, 0.717) is 5.82 Å². The van der Waals surface area contributed by atoms with E-state index >= 15 is 8.78 Å². The van der Waals surface area contributed by atoms with Crippen LogP contribution >= 0.6 is 23.2 Å². The zero-order valence-electron chi connectivity index (χ0n) is 17.9. The van der Waals surface area contributed by atoms with Crippen LogP contribution in [0.5, 0.6) is 0 Å². The third kappa shape index (κ3) is 3.75. The molecule has 0 atom stereocenters. The number of aromatic nitrogens is 4. The molecule has 12 heteroatoms. The van der Waals surface area contributed by atoms with Gasteiger partial charge in [-0.05, 0) is 30.3 Å². The summed E-state index contributed by atoms with van der Waals surface area (Å²) >= 11 is 12.5. The summed E-state index contributed by atoms with van der Waals surface area (Å²) in [5, 5.41) is 9.63. The maximum atomic E-state index is 15.0. The van der Waals surface area contributed by atoms with E-state index in [9.17, 15) is 9.59 Å². The molecule has 1 fully saturated rings. The number of hydrogen-bond acceptors (Lipinski definition) is 5. The van der Waals surface area contributed by atoms with Crippen LogP contribution in [0.25, 0.3) is 16.7 Å². The molecule has 3 heterocycles. The average molecular weight is 517 g/mol. The second-order valence-corrected chi connectivity index (χ2v) is 8.82. The van der Waals surface area contributed by atoms with Gasteiger partial charge in [0.2, 0.25) is 5.91 Å². The van der Waals surface area contributed by atoms with Crippen LogP contribution in [-0.4, -0.2) is 43.6 Å². The summed E-state index contributed by atoms with van der Waals surface area (Å²) in [5.41, 5.74) is -1.72. The highest BCUT2D eigenvalue weighted by atomic mass is 35.5. The molecule has 1 aliphatic heterocycles. The van der Waals surface area contributed by atoms with E-state index in [2.05, 4.69) is 27.1 Å². The number of benzene rings is 2. The molecule has 0 spiro atoms. The number of nitrogens with one attached hydrogen (secondary N) is 2. The van der Waals surface area contributed by atoms with Crippen molar-refractivity contribution in [3.8, 4) is 5.82 Å². The molecule has 2 N–H and O–H groups in total. The number of nitrogens with zero attached hydrogens (tertiary/aromatic N) is 4. The fraction of sp³-hybridized carbons (Fsp3) is 0.130. The lowest BCUT2D eigenvalue weighted by Gasteiger charge is -2.51. The van der Waals surface area contributed by atoms with Gasteiger partial charge in [-0.15, -0.1) is 0 Å². The molecule has 2 aromatic carbocycles. The van der Waals surface area contributed by atoms with Crippen molar-refractivity contribution in [3.63, 3.8) is 0 Å². The summed E-state index contributed by atoms with van der Waals surface area (Å²) in [6, 6.07) is 6.61. The van der Waals surface area contributed by atoms with Crippen molar-refractivity contribution in [3.05, 3.63) is 93.1 Å². The molecule has 35 heavy (non-hydrogen) atoms. The summed E-state index contributed by atoms with van der Waals surface area (Å²) in [7, 11) is 0. The molecule has 1 aliphatic rings. The van der Waals surface area contributed by atoms with Crippen LogP contribution in [0.4, 0.5) is 14.5 Å². The normalized spacial score (nSPS) is 14.6. The van der Waals surface area contributed by atoms with Gasteiger partial charge in [0.1, 0.15) is 29.0 Å². The third-order valence-electron chi connectivity index (χ3n) is 5.87. The number of anilines is 1. The molecule has 5 rings (SSSR count). The highest BCUT2D eigenvalue weighted by Crippen LogP contribution is 2.43. The maximum absolute atomic E-state index is 15.0. The molecule has 8 nitrogen and oxygen atoms in total. The van der Waals surface area contributed by atoms with E-state index in [-0.39, 0.29) is 51.2 Å². The first kappa shape index (κ1) is 23.0. The van der Waals surface area contributed by atoms with Gasteiger partial charge in [0.15, 0.2) is 5.82 Å². The molecule has 1 saturated heterocycles. The van der Waals surface area contributed by atoms with Crippen molar-refractivity contribution >= 4 is 45.7 Å². The molecule has 0 aliphatic carbocycles. The van der Waals surface area contributed by atoms with E-state index in [1.807, 2.05) is 0 Å². The molecule has 0 radical (unpaired) electrons. The largest absolute Gasteiger partial charge is 0.372 e. The molecule has 0 unspecified atom stereocenters. The van der Waals surface area contributed by atoms with Crippen molar-refractivity contribution < 1.29 is 13.6 Å². The van der Waals surface area contributed by atoms with Gasteiger partial charge in [-0.2, -0.15) is 5.10 Å². The number of amides is 1. The summed E-state index contributed by atoms with van der Waals surface area (Å²) in [6.07, 6.45) is 3.80. The monoisotopic (exact) mass is 516 g/mol. The number of rotatable bonds is 5. The van der Waals surface area contributed by atoms with E-state index < -0.39 is 22.7 Å². The second kappa shape index (κ2) is 8.47. The summed E-state index contributed by atoms with van der Waals surface area (Å²) in [5.74, 6) is -1.42. The van der Waals surface area contributed by atoms with Gasteiger partial charge < -0.3 is 10.2 Å². The number of hydrogen-bond donors (Lipinski definition) is 2. The highest BCUT2D eigenvalue weighted by Gasteiger charge is 2.49. The summed E-state index contributed by atoms with van der Waals surface area (Å²) in [4.78, 5) is 30.7. The van der Waals surface area contributed by atoms with Crippen LogP contribution in [0.15, 0.2) is 60.3 Å². The Labute approximate surface area is 206 Å². The van der Waals surface area contributed by atoms with Crippen molar-refractivity contribution in [1.82, 2.24) is 24.6 Å². The summed E-state index contributed by atoms with van der Waals surface area (Å²) in [6.45, 7) is 3.47. The quantitative estimate of drug-likeness (QED) is 0.308. The van der Waals surface area contributed by atoms with Crippen LogP contribution in [-0.2, 0) is 10.3 Å². The number of carbonyl (C=O) groups excluding carboxylic acids is 1. The number of halogens is 4. The highest BCUT2D eigenvalue weighted by molar-refractivity contribution is 6.42. The number of aromatic amines is 1. The first-order valence-electron chi connectivity index (χ1n) is 10.3. The summed E-state index contributed by atoms with van der Waals surface area (Å²) < 4.78 is 31.2. The predicted molar refractivity (Wildman–Crippen MR) is 128 cm³/mol. The smallest absolute Gasteiger partial charge is 0.267 e. The van der Waals surface area contributed by atoms with Gasteiger partial charge >= 0.3 is 0 Å². The number of carbonyl (C=O) groups is 1. The minimum absolute atomic E-state index is 0.0000909. The van der Waals surface area contributed by atoms with Crippen LogP contribution in [0.3, 0.4) is 0 Å². The van der Waals surface area contributed by atoms with Crippen molar-refractivity contribution in [1.29, 1.82) is 0 Å². The van der Waals surface area contributed by atoms with Crippen molar-refractivity contribution in [2.75, 3.05) is 18.4 Å². The van der Waals surface area contributed by atoms with Gasteiger partial charge in [0, 0.05) is 17.3 Å². The predicted octanol–water partition coefficient (Wildman–Crippen LogP) is 4.03. The first-order valence-corrected chi connectivity index (χ1v) is 11.0. The molecule has 1 amide bonds. The van der Waals surface area contributed by atoms with Crippen LogP contribution in [0.2, 0.25) is 10.0 Å². The third-order valence-corrected chi connectivity index (χ3v) is 6.68.